The minimum absolute atomic E-state index is 0.00171. The van der Waals surface area contributed by atoms with Crippen molar-refractivity contribution in [1.29, 1.82) is 0 Å². The Morgan fingerprint density at radius 2 is 1.67 bits per heavy atom. The van der Waals surface area contributed by atoms with Gasteiger partial charge in [-0.15, -0.1) is 0 Å². The van der Waals surface area contributed by atoms with Gasteiger partial charge >= 0.3 is 0 Å². The van der Waals surface area contributed by atoms with E-state index in [1.807, 2.05) is 6.07 Å². The number of hydrogen-bond acceptors (Lipinski definition) is 2. The van der Waals surface area contributed by atoms with Gasteiger partial charge in [0.25, 0.3) is 0 Å². The van der Waals surface area contributed by atoms with Gasteiger partial charge in [0.2, 0.25) is 0 Å². The number of rotatable bonds is 3. The van der Waals surface area contributed by atoms with Crippen LogP contribution in [0.2, 0.25) is 0 Å². The summed E-state index contributed by atoms with van der Waals surface area (Å²) in [4.78, 5) is 0. The zero-order chi connectivity index (χ0) is 15.5. The van der Waals surface area contributed by atoms with Crippen molar-refractivity contribution in [3.05, 3.63) is 35.9 Å². The summed E-state index contributed by atoms with van der Waals surface area (Å²) >= 11 is 0. The summed E-state index contributed by atoms with van der Waals surface area (Å²) in [6, 6.07) is 10.4. The molecule has 3 atom stereocenters. The van der Waals surface area contributed by atoms with Crippen LogP contribution in [0.5, 0.6) is 0 Å². The molecule has 0 radical (unpaired) electrons. The zero-order valence-electron chi connectivity index (χ0n) is 14.2. The Kier molecular flexibility index (Phi) is 3.10. The van der Waals surface area contributed by atoms with Crippen LogP contribution in [0, 0.1) is 10.8 Å². The molecule has 3 unspecified atom stereocenters. The van der Waals surface area contributed by atoms with E-state index in [1.54, 1.807) is 0 Å². The second-order valence-electron chi connectivity index (χ2n) is 8.41. The average molecular weight is 288 g/mol. The Hall–Kier alpha value is -0.860. The second-order valence-corrected chi connectivity index (χ2v) is 8.41. The van der Waals surface area contributed by atoms with Crippen molar-refractivity contribution in [2.45, 2.75) is 71.9 Å². The van der Waals surface area contributed by atoms with Gasteiger partial charge in [0.05, 0.1) is 23.9 Å². The van der Waals surface area contributed by atoms with Crippen LogP contribution in [-0.2, 0) is 16.1 Å². The summed E-state index contributed by atoms with van der Waals surface area (Å²) in [6.07, 6.45) is 1.18. The van der Waals surface area contributed by atoms with Crippen LogP contribution < -0.4 is 0 Å². The molecule has 116 valence electrons. The average Bonchev–Trinajstić information content (AvgIpc) is 2.65. The van der Waals surface area contributed by atoms with Gasteiger partial charge in [0.15, 0.2) is 0 Å². The summed E-state index contributed by atoms with van der Waals surface area (Å²) < 4.78 is 12.9. The van der Waals surface area contributed by atoms with Crippen LogP contribution >= 0.6 is 0 Å². The number of fused-ring (bicyclic) bond motifs is 2. The highest BCUT2D eigenvalue weighted by atomic mass is 16.6. The fourth-order valence-corrected chi connectivity index (χ4v) is 4.99. The molecule has 1 aromatic carbocycles. The van der Waals surface area contributed by atoms with Crippen LogP contribution in [0.1, 0.15) is 53.5 Å². The normalized spacial score (nSPS) is 39.6. The monoisotopic (exact) mass is 288 g/mol. The van der Waals surface area contributed by atoms with E-state index in [2.05, 4.69) is 65.8 Å². The fourth-order valence-electron chi connectivity index (χ4n) is 4.99. The number of ether oxygens (including phenoxy) is 2. The molecule has 0 amide bonds. The van der Waals surface area contributed by atoms with Gasteiger partial charge in [-0.25, -0.2) is 0 Å². The quantitative estimate of drug-likeness (QED) is 0.811. The first kappa shape index (κ1) is 15.1. The van der Waals surface area contributed by atoms with Crippen molar-refractivity contribution < 1.29 is 9.47 Å². The molecule has 2 bridgehead atoms. The Morgan fingerprint density at radius 1 is 1.05 bits per heavy atom. The van der Waals surface area contributed by atoms with Gasteiger partial charge in [0, 0.05) is 5.41 Å². The first-order chi connectivity index (χ1) is 9.62. The summed E-state index contributed by atoms with van der Waals surface area (Å²) in [5.41, 5.74) is 1.08. The number of hydrogen-bond donors (Lipinski definition) is 0. The van der Waals surface area contributed by atoms with Gasteiger partial charge in [-0.3, -0.25) is 0 Å². The van der Waals surface area contributed by atoms with Crippen molar-refractivity contribution in [1.82, 2.24) is 0 Å². The molecule has 3 rings (SSSR count). The minimum atomic E-state index is -0.184. The number of benzene rings is 1. The topological polar surface area (TPSA) is 18.5 Å². The van der Waals surface area contributed by atoms with E-state index in [1.165, 1.54) is 5.56 Å². The first-order valence-corrected chi connectivity index (χ1v) is 7.98. The van der Waals surface area contributed by atoms with E-state index in [9.17, 15) is 0 Å². The van der Waals surface area contributed by atoms with Crippen molar-refractivity contribution in [2.24, 2.45) is 10.8 Å². The van der Waals surface area contributed by atoms with E-state index in [4.69, 9.17) is 9.47 Å². The van der Waals surface area contributed by atoms with Crippen molar-refractivity contribution in [3.63, 3.8) is 0 Å². The predicted molar refractivity (Wildman–Crippen MR) is 85.1 cm³/mol. The molecule has 2 saturated heterocycles. The maximum Gasteiger partial charge on any atom is 0.0945 e. The molecule has 2 aliphatic rings. The summed E-state index contributed by atoms with van der Waals surface area (Å²) in [6.45, 7) is 14.4. The maximum atomic E-state index is 6.55. The Bertz CT molecular complexity index is 534. The highest BCUT2D eigenvalue weighted by Crippen LogP contribution is 2.68. The van der Waals surface area contributed by atoms with Crippen molar-refractivity contribution in [2.75, 3.05) is 0 Å². The van der Waals surface area contributed by atoms with Gasteiger partial charge < -0.3 is 9.47 Å². The minimum Gasteiger partial charge on any atom is -0.370 e. The molecule has 2 aliphatic heterocycles. The summed E-state index contributed by atoms with van der Waals surface area (Å²) in [5, 5.41) is 0. The molecule has 2 nitrogen and oxygen atoms in total. The Balaban J connectivity index is 1.84. The molecular formula is C19H28O2. The van der Waals surface area contributed by atoms with Crippen LogP contribution in [-0.4, -0.2) is 17.3 Å². The van der Waals surface area contributed by atoms with Gasteiger partial charge in [0.1, 0.15) is 0 Å². The molecule has 1 aromatic rings. The third-order valence-corrected chi connectivity index (χ3v) is 6.22. The van der Waals surface area contributed by atoms with Crippen molar-refractivity contribution in [3.8, 4) is 0 Å². The SMILES string of the molecule is CC12CC(C)(C)C(C)(O1)C(C)(C)C2OCc1ccccc1. The van der Waals surface area contributed by atoms with E-state index in [0.717, 1.165) is 6.42 Å². The lowest BCUT2D eigenvalue weighted by Gasteiger charge is -2.51. The van der Waals surface area contributed by atoms with E-state index in [0.29, 0.717) is 6.61 Å². The summed E-state index contributed by atoms with van der Waals surface area (Å²) in [5.74, 6) is 0. The molecule has 0 aromatic heterocycles. The largest absolute Gasteiger partial charge is 0.370 e. The van der Waals surface area contributed by atoms with Crippen LogP contribution in [0.3, 0.4) is 0 Å². The van der Waals surface area contributed by atoms with E-state index < -0.39 is 0 Å². The molecule has 0 spiro atoms. The van der Waals surface area contributed by atoms with Gasteiger partial charge in [-0.1, -0.05) is 58.0 Å². The summed E-state index contributed by atoms with van der Waals surface area (Å²) in [7, 11) is 0. The lowest BCUT2D eigenvalue weighted by atomic mass is 9.53. The van der Waals surface area contributed by atoms with Gasteiger partial charge in [-0.05, 0) is 31.2 Å². The molecule has 2 heterocycles. The first-order valence-electron chi connectivity index (χ1n) is 7.98. The van der Waals surface area contributed by atoms with Crippen LogP contribution in [0.4, 0.5) is 0 Å². The molecule has 21 heavy (non-hydrogen) atoms. The van der Waals surface area contributed by atoms with Crippen LogP contribution in [0.15, 0.2) is 30.3 Å². The smallest absolute Gasteiger partial charge is 0.0945 e. The molecule has 0 aliphatic carbocycles. The standard InChI is InChI=1S/C19H28O2/c1-16(2)13-18(5)15(17(3,4)19(16,6)21-18)20-12-14-10-8-7-9-11-14/h7-11,15H,12-13H2,1-6H3. The van der Waals surface area contributed by atoms with Crippen molar-refractivity contribution >= 4 is 0 Å². The second kappa shape index (κ2) is 4.33. The Morgan fingerprint density at radius 3 is 2.19 bits per heavy atom. The third kappa shape index (κ3) is 1.92. The lowest BCUT2D eigenvalue weighted by Crippen LogP contribution is -2.58. The molecule has 2 fully saturated rings. The fraction of sp³-hybridized carbons (Fsp3) is 0.684. The highest BCUT2D eigenvalue weighted by Gasteiger charge is 2.74. The van der Waals surface area contributed by atoms with Gasteiger partial charge in [-0.2, -0.15) is 0 Å². The molecule has 0 saturated carbocycles. The third-order valence-electron chi connectivity index (χ3n) is 6.22. The zero-order valence-corrected chi connectivity index (χ0v) is 14.2. The Labute approximate surface area is 128 Å². The molecule has 0 N–H and O–H groups in total. The highest BCUT2D eigenvalue weighted by molar-refractivity contribution is 5.23. The van der Waals surface area contributed by atoms with E-state index in [-0.39, 0.29) is 28.1 Å². The van der Waals surface area contributed by atoms with E-state index >= 15 is 0 Å². The maximum absolute atomic E-state index is 6.55. The molecular weight excluding hydrogens is 260 g/mol. The van der Waals surface area contributed by atoms with Crippen LogP contribution in [0.25, 0.3) is 0 Å². The predicted octanol–water partition coefficient (Wildman–Crippen LogP) is 4.58. The lowest BCUT2D eigenvalue weighted by molar-refractivity contribution is -0.108. The molecule has 2 heteroatoms.